The molecule has 0 bridgehead atoms. The second kappa shape index (κ2) is 9.58. The van der Waals surface area contributed by atoms with E-state index < -0.39 is 8.56 Å². The van der Waals surface area contributed by atoms with Gasteiger partial charge < -0.3 is 8.85 Å². The normalized spacial score (nSPS) is 14.1. The standard InChI is InChI=1S/C12H29O2PSi/c1-6-13-16(9-4,14-7-2)12-10-11-15(5)8-3/h6-12H2,1-5H3. The van der Waals surface area contributed by atoms with Crippen molar-refractivity contribution in [2.24, 2.45) is 0 Å². The lowest BCUT2D eigenvalue weighted by Gasteiger charge is -2.29. The minimum absolute atomic E-state index is 0.256. The van der Waals surface area contributed by atoms with Crippen LogP contribution in [0.4, 0.5) is 0 Å². The van der Waals surface area contributed by atoms with Gasteiger partial charge in [0.15, 0.2) is 0 Å². The monoisotopic (exact) mass is 264 g/mol. The smallest absolute Gasteiger partial charge is 0.337 e. The second-order valence-electron chi connectivity index (χ2n) is 4.13. The van der Waals surface area contributed by atoms with Crippen molar-refractivity contribution in [1.82, 2.24) is 0 Å². The van der Waals surface area contributed by atoms with E-state index in [1.54, 1.807) is 0 Å². The van der Waals surface area contributed by atoms with Crippen LogP contribution in [-0.4, -0.2) is 40.8 Å². The maximum Gasteiger partial charge on any atom is 0.337 e. The highest BCUT2D eigenvalue weighted by atomic mass is 31.1. The van der Waals surface area contributed by atoms with Gasteiger partial charge in [-0.2, -0.15) is 0 Å². The van der Waals surface area contributed by atoms with Gasteiger partial charge in [0.2, 0.25) is 0 Å². The highest BCUT2D eigenvalue weighted by Gasteiger charge is 2.34. The highest BCUT2D eigenvalue weighted by molar-refractivity contribution is 7.56. The SMILES string of the molecule is CCO[Si](CC)(CCCP(C)CC)OCC. The third kappa shape index (κ3) is 6.34. The molecule has 0 heterocycles. The first kappa shape index (κ1) is 16.6. The van der Waals surface area contributed by atoms with Crippen LogP contribution in [0.5, 0.6) is 0 Å². The molecule has 0 aromatic rings. The summed E-state index contributed by atoms with van der Waals surface area (Å²) in [7, 11) is -1.58. The van der Waals surface area contributed by atoms with Gasteiger partial charge in [0.25, 0.3) is 0 Å². The molecule has 0 aliphatic carbocycles. The van der Waals surface area contributed by atoms with E-state index in [1.165, 1.54) is 24.8 Å². The first-order valence-electron chi connectivity index (χ1n) is 6.60. The first-order chi connectivity index (χ1) is 7.64. The van der Waals surface area contributed by atoms with E-state index in [9.17, 15) is 0 Å². The average molecular weight is 264 g/mol. The summed E-state index contributed by atoms with van der Waals surface area (Å²) in [6.45, 7) is 12.7. The van der Waals surface area contributed by atoms with E-state index in [0.29, 0.717) is 0 Å². The van der Waals surface area contributed by atoms with Crippen LogP contribution in [0.15, 0.2) is 0 Å². The fourth-order valence-corrected chi connectivity index (χ4v) is 6.08. The molecule has 0 N–H and O–H groups in total. The van der Waals surface area contributed by atoms with Crippen molar-refractivity contribution < 1.29 is 8.85 Å². The molecule has 0 saturated heterocycles. The Kier molecular flexibility index (Phi) is 9.92. The quantitative estimate of drug-likeness (QED) is 0.438. The fourth-order valence-electron chi connectivity index (χ4n) is 1.87. The zero-order valence-corrected chi connectivity index (χ0v) is 13.6. The molecule has 1 atom stereocenters. The van der Waals surface area contributed by atoms with E-state index in [2.05, 4.69) is 34.4 Å². The molecular weight excluding hydrogens is 235 g/mol. The van der Waals surface area contributed by atoms with Gasteiger partial charge in [-0.1, -0.05) is 13.8 Å². The van der Waals surface area contributed by atoms with Crippen molar-refractivity contribution >= 4 is 16.5 Å². The largest absolute Gasteiger partial charge is 0.394 e. The Labute approximate surface area is 104 Å². The Morgan fingerprint density at radius 3 is 1.94 bits per heavy atom. The lowest BCUT2D eigenvalue weighted by atomic mass is 10.6. The lowest BCUT2D eigenvalue weighted by Crippen LogP contribution is -2.41. The molecule has 0 aliphatic rings. The van der Waals surface area contributed by atoms with Crippen LogP contribution in [0.2, 0.25) is 12.1 Å². The summed E-state index contributed by atoms with van der Waals surface area (Å²) in [4.78, 5) is 0. The van der Waals surface area contributed by atoms with Crippen LogP contribution in [0, 0.1) is 0 Å². The van der Waals surface area contributed by atoms with E-state index in [4.69, 9.17) is 8.85 Å². The van der Waals surface area contributed by atoms with Crippen molar-refractivity contribution in [3.05, 3.63) is 0 Å². The number of rotatable bonds is 10. The Morgan fingerprint density at radius 1 is 1.00 bits per heavy atom. The van der Waals surface area contributed by atoms with Gasteiger partial charge in [0.1, 0.15) is 0 Å². The maximum atomic E-state index is 5.96. The molecule has 0 radical (unpaired) electrons. The third-order valence-corrected chi connectivity index (χ3v) is 8.97. The highest BCUT2D eigenvalue weighted by Crippen LogP contribution is 2.32. The number of hydrogen-bond acceptors (Lipinski definition) is 2. The van der Waals surface area contributed by atoms with Gasteiger partial charge >= 0.3 is 8.56 Å². The molecule has 4 heteroatoms. The van der Waals surface area contributed by atoms with Crippen LogP contribution in [0.25, 0.3) is 0 Å². The van der Waals surface area contributed by atoms with Crippen LogP contribution < -0.4 is 0 Å². The molecule has 0 aromatic heterocycles. The molecule has 2 nitrogen and oxygen atoms in total. The molecule has 0 amide bonds. The van der Waals surface area contributed by atoms with Crippen molar-refractivity contribution in [1.29, 1.82) is 0 Å². The summed E-state index contributed by atoms with van der Waals surface area (Å²) >= 11 is 0. The summed E-state index contributed by atoms with van der Waals surface area (Å²) in [6.07, 6.45) is 4.01. The predicted octanol–water partition coefficient (Wildman–Crippen LogP) is 4.04. The molecule has 0 aliphatic heterocycles. The topological polar surface area (TPSA) is 18.5 Å². The molecule has 0 saturated carbocycles. The Bertz CT molecular complexity index is 161. The number of hydrogen-bond donors (Lipinski definition) is 0. The Hall–Kier alpha value is 0.567. The van der Waals surface area contributed by atoms with Gasteiger partial charge in [0, 0.05) is 13.2 Å². The van der Waals surface area contributed by atoms with Gasteiger partial charge in [-0.15, -0.1) is 7.92 Å². The molecule has 0 fully saturated rings. The summed E-state index contributed by atoms with van der Waals surface area (Å²) in [5.74, 6) is 0. The second-order valence-corrected chi connectivity index (χ2v) is 10.5. The molecule has 0 rings (SSSR count). The Morgan fingerprint density at radius 2 is 1.56 bits per heavy atom. The average Bonchev–Trinajstić information content (AvgIpc) is 2.29. The molecule has 1 unspecified atom stereocenters. The summed E-state index contributed by atoms with van der Waals surface area (Å²) < 4.78 is 11.9. The van der Waals surface area contributed by atoms with Crippen LogP contribution in [0.3, 0.4) is 0 Å². The van der Waals surface area contributed by atoms with Crippen LogP contribution in [-0.2, 0) is 8.85 Å². The predicted molar refractivity (Wildman–Crippen MR) is 77.2 cm³/mol. The Balaban J connectivity index is 4.08. The van der Waals surface area contributed by atoms with Gasteiger partial charge in [0.05, 0.1) is 0 Å². The van der Waals surface area contributed by atoms with E-state index in [1.807, 2.05) is 0 Å². The van der Waals surface area contributed by atoms with Crippen LogP contribution >= 0.6 is 7.92 Å². The molecule has 0 aromatic carbocycles. The minimum atomic E-state index is -1.84. The summed E-state index contributed by atoms with van der Waals surface area (Å²) in [6, 6.07) is 2.26. The summed E-state index contributed by atoms with van der Waals surface area (Å²) in [5, 5.41) is 0. The van der Waals surface area contributed by atoms with Crippen LogP contribution in [0.1, 0.15) is 34.1 Å². The lowest BCUT2D eigenvalue weighted by molar-refractivity contribution is 0.183. The van der Waals surface area contributed by atoms with Crippen molar-refractivity contribution in [2.45, 2.75) is 46.2 Å². The van der Waals surface area contributed by atoms with E-state index in [0.717, 1.165) is 19.3 Å². The molecule has 16 heavy (non-hydrogen) atoms. The molecule has 0 spiro atoms. The maximum absolute atomic E-state index is 5.96. The van der Waals surface area contributed by atoms with Crippen molar-refractivity contribution in [3.63, 3.8) is 0 Å². The first-order valence-corrected chi connectivity index (χ1v) is 11.0. The van der Waals surface area contributed by atoms with Gasteiger partial charge in [-0.05, 0) is 51.3 Å². The van der Waals surface area contributed by atoms with Gasteiger partial charge in [-0.3, -0.25) is 0 Å². The zero-order valence-electron chi connectivity index (χ0n) is 11.7. The van der Waals surface area contributed by atoms with E-state index in [-0.39, 0.29) is 7.92 Å². The minimum Gasteiger partial charge on any atom is -0.394 e. The molecular formula is C12H29O2PSi. The third-order valence-electron chi connectivity index (χ3n) is 2.99. The zero-order chi connectivity index (χ0) is 12.4. The molecule has 98 valence electrons. The van der Waals surface area contributed by atoms with Crippen molar-refractivity contribution in [3.8, 4) is 0 Å². The van der Waals surface area contributed by atoms with E-state index >= 15 is 0 Å². The fraction of sp³-hybridized carbons (Fsp3) is 1.00. The van der Waals surface area contributed by atoms with Crippen molar-refractivity contribution in [2.75, 3.05) is 32.2 Å². The van der Waals surface area contributed by atoms with Gasteiger partial charge in [-0.25, -0.2) is 0 Å². The summed E-state index contributed by atoms with van der Waals surface area (Å²) in [5.41, 5.74) is 0.